The first-order valence-electron chi connectivity index (χ1n) is 9.72. The smallest absolute Gasteiger partial charge is 0.133 e. The van der Waals surface area contributed by atoms with E-state index < -0.39 is 0 Å². The lowest BCUT2D eigenvalue weighted by Crippen LogP contribution is -2.18. The summed E-state index contributed by atoms with van der Waals surface area (Å²) >= 11 is 12.2. The van der Waals surface area contributed by atoms with Crippen molar-refractivity contribution in [2.24, 2.45) is 4.99 Å². The van der Waals surface area contributed by atoms with Gasteiger partial charge in [-0.3, -0.25) is 9.98 Å². The molecule has 1 N–H and O–H groups in total. The van der Waals surface area contributed by atoms with E-state index in [4.69, 9.17) is 28.2 Å². The van der Waals surface area contributed by atoms with Crippen LogP contribution in [0.5, 0.6) is 0 Å². The fourth-order valence-electron chi connectivity index (χ4n) is 3.13. The molecule has 1 heterocycles. The summed E-state index contributed by atoms with van der Waals surface area (Å²) in [4.78, 5) is 11.6. The number of hydrogen-bond donors (Lipinski definition) is 1. The third kappa shape index (κ3) is 6.85. The summed E-state index contributed by atoms with van der Waals surface area (Å²) in [7, 11) is 4.19. The van der Waals surface area contributed by atoms with Gasteiger partial charge in [0.15, 0.2) is 0 Å². The van der Waals surface area contributed by atoms with Crippen LogP contribution in [0.4, 0.5) is 5.69 Å². The number of hydrogen-bond acceptors (Lipinski definition) is 3. The summed E-state index contributed by atoms with van der Waals surface area (Å²) in [6.07, 6.45) is 3.90. The van der Waals surface area contributed by atoms with Crippen molar-refractivity contribution in [2.45, 2.75) is 25.8 Å². The summed E-state index contributed by atoms with van der Waals surface area (Å²) < 4.78 is 0. The molecule has 3 rings (SSSR count). The Bertz CT molecular complexity index is 987. The second-order valence-corrected chi connectivity index (χ2v) is 8.30. The average Bonchev–Trinajstić information content (AvgIpc) is 2.67. The standard InChI is InChI=1S/C23H26Cl2N4.ClH/c1-16(5-4-14-29(2)3)27-23(17-6-8-18(24)9-7-17)28-21-12-13-26-22-15-19(25)10-11-20(21)22;/h6-13,15-16H,4-5,14H2,1-3H3,(H,26,27,28);1H. The monoisotopic (exact) mass is 464 g/mol. The van der Waals surface area contributed by atoms with Gasteiger partial charge in [0.2, 0.25) is 0 Å². The first kappa shape index (κ1) is 24.4. The zero-order valence-corrected chi connectivity index (χ0v) is 19.7. The molecule has 4 nitrogen and oxygen atoms in total. The fourth-order valence-corrected chi connectivity index (χ4v) is 3.42. The van der Waals surface area contributed by atoms with Gasteiger partial charge in [-0.2, -0.15) is 0 Å². The number of aromatic nitrogens is 1. The Morgan fingerprint density at radius 3 is 2.47 bits per heavy atom. The predicted molar refractivity (Wildman–Crippen MR) is 133 cm³/mol. The maximum atomic E-state index is 6.13. The van der Waals surface area contributed by atoms with Crippen molar-refractivity contribution in [1.82, 2.24) is 9.88 Å². The molecule has 0 fully saturated rings. The highest BCUT2D eigenvalue weighted by Crippen LogP contribution is 2.25. The highest BCUT2D eigenvalue weighted by Gasteiger charge is 2.10. The van der Waals surface area contributed by atoms with Gasteiger partial charge in [0, 0.05) is 33.2 Å². The van der Waals surface area contributed by atoms with Crippen molar-refractivity contribution in [2.75, 3.05) is 26.0 Å². The van der Waals surface area contributed by atoms with E-state index >= 15 is 0 Å². The van der Waals surface area contributed by atoms with Gasteiger partial charge >= 0.3 is 0 Å². The summed E-state index contributed by atoms with van der Waals surface area (Å²) in [5, 5.41) is 5.89. The Morgan fingerprint density at radius 1 is 1.07 bits per heavy atom. The van der Waals surface area contributed by atoms with E-state index in [2.05, 4.69) is 36.2 Å². The molecular formula is C23H27Cl3N4. The van der Waals surface area contributed by atoms with E-state index in [0.29, 0.717) is 10.0 Å². The Labute approximate surface area is 194 Å². The van der Waals surface area contributed by atoms with Crippen molar-refractivity contribution in [3.8, 4) is 0 Å². The number of nitrogens with one attached hydrogen (secondary N) is 1. The van der Waals surface area contributed by atoms with Crippen molar-refractivity contribution >= 4 is 58.0 Å². The molecule has 3 aromatic rings. The maximum absolute atomic E-state index is 6.13. The van der Waals surface area contributed by atoms with Crippen LogP contribution < -0.4 is 5.32 Å². The number of halogens is 3. The van der Waals surface area contributed by atoms with Gasteiger partial charge in [-0.1, -0.05) is 23.2 Å². The maximum Gasteiger partial charge on any atom is 0.133 e. The quantitative estimate of drug-likeness (QED) is 0.317. The number of fused-ring (bicyclic) bond motifs is 1. The first-order chi connectivity index (χ1) is 13.9. The molecule has 0 aliphatic carbocycles. The van der Waals surface area contributed by atoms with Gasteiger partial charge in [0.05, 0.1) is 11.2 Å². The molecular weight excluding hydrogens is 439 g/mol. The summed E-state index contributed by atoms with van der Waals surface area (Å²) in [5.41, 5.74) is 2.78. The van der Waals surface area contributed by atoms with E-state index in [-0.39, 0.29) is 18.4 Å². The van der Waals surface area contributed by atoms with Gasteiger partial charge in [0.1, 0.15) is 5.84 Å². The van der Waals surface area contributed by atoms with Crippen molar-refractivity contribution in [1.29, 1.82) is 0 Å². The van der Waals surface area contributed by atoms with E-state index in [1.165, 1.54) is 0 Å². The Balaban J connectivity index is 0.00000320. The second-order valence-electron chi connectivity index (χ2n) is 7.42. The number of nitrogens with zero attached hydrogens (tertiary/aromatic N) is 3. The van der Waals surface area contributed by atoms with Crippen LogP contribution in [0.15, 0.2) is 59.7 Å². The lowest BCUT2D eigenvalue weighted by Gasteiger charge is -2.16. The van der Waals surface area contributed by atoms with E-state index in [1.54, 1.807) is 6.20 Å². The van der Waals surface area contributed by atoms with Crippen LogP contribution in [0.2, 0.25) is 10.0 Å². The third-order valence-electron chi connectivity index (χ3n) is 4.65. The van der Waals surface area contributed by atoms with Crippen molar-refractivity contribution < 1.29 is 0 Å². The minimum absolute atomic E-state index is 0. The molecule has 0 amide bonds. The Kier molecular flexibility index (Phi) is 9.37. The molecule has 0 aliphatic rings. The number of anilines is 1. The summed E-state index contributed by atoms with van der Waals surface area (Å²) in [5.74, 6) is 0.821. The molecule has 0 saturated carbocycles. The van der Waals surface area contributed by atoms with Gasteiger partial charge in [-0.15, -0.1) is 12.4 Å². The third-order valence-corrected chi connectivity index (χ3v) is 5.14. The zero-order chi connectivity index (χ0) is 20.8. The first-order valence-corrected chi connectivity index (χ1v) is 10.5. The van der Waals surface area contributed by atoms with Gasteiger partial charge in [-0.05, 0) is 88.9 Å². The Hall–Kier alpha value is -1.85. The van der Waals surface area contributed by atoms with Crippen LogP contribution in [0, 0.1) is 0 Å². The fraction of sp³-hybridized carbons (Fsp3) is 0.304. The molecule has 0 spiro atoms. The van der Waals surface area contributed by atoms with Crippen LogP contribution in [-0.2, 0) is 0 Å². The van der Waals surface area contributed by atoms with E-state index in [1.807, 2.05) is 48.5 Å². The molecule has 0 aliphatic heterocycles. The summed E-state index contributed by atoms with van der Waals surface area (Å²) in [6.45, 7) is 3.21. The molecule has 1 atom stereocenters. The summed E-state index contributed by atoms with van der Waals surface area (Å²) in [6, 6.07) is 15.6. The largest absolute Gasteiger partial charge is 0.339 e. The van der Waals surface area contributed by atoms with E-state index in [0.717, 1.165) is 47.4 Å². The molecule has 2 aromatic carbocycles. The lowest BCUT2D eigenvalue weighted by atomic mass is 10.1. The van der Waals surface area contributed by atoms with Crippen molar-refractivity contribution in [3.05, 3.63) is 70.3 Å². The lowest BCUT2D eigenvalue weighted by molar-refractivity contribution is 0.387. The number of aliphatic imine (C=N–C) groups is 1. The molecule has 0 bridgehead atoms. The van der Waals surface area contributed by atoms with Gasteiger partial charge in [0.25, 0.3) is 0 Å². The number of benzene rings is 2. The molecule has 30 heavy (non-hydrogen) atoms. The van der Waals surface area contributed by atoms with Crippen LogP contribution in [0.3, 0.4) is 0 Å². The Morgan fingerprint density at radius 2 is 1.77 bits per heavy atom. The minimum atomic E-state index is 0. The number of amidine groups is 1. The van der Waals surface area contributed by atoms with Crippen LogP contribution >= 0.6 is 35.6 Å². The van der Waals surface area contributed by atoms with Crippen molar-refractivity contribution in [3.63, 3.8) is 0 Å². The molecule has 1 unspecified atom stereocenters. The highest BCUT2D eigenvalue weighted by atomic mass is 35.5. The van der Waals surface area contributed by atoms with Gasteiger partial charge in [-0.25, -0.2) is 0 Å². The minimum Gasteiger partial charge on any atom is -0.339 e. The molecule has 160 valence electrons. The number of rotatable bonds is 7. The second kappa shape index (κ2) is 11.5. The SMILES string of the molecule is CC(CCCN(C)C)N=C(Nc1ccnc2cc(Cl)ccc12)c1ccc(Cl)cc1.Cl. The highest BCUT2D eigenvalue weighted by molar-refractivity contribution is 6.31. The predicted octanol–water partition coefficient (Wildman–Crippen LogP) is 6.55. The van der Waals surface area contributed by atoms with Crippen LogP contribution in [-0.4, -0.2) is 42.4 Å². The van der Waals surface area contributed by atoms with Gasteiger partial charge < -0.3 is 10.2 Å². The van der Waals surface area contributed by atoms with Crippen LogP contribution in [0.1, 0.15) is 25.3 Å². The molecule has 1 aromatic heterocycles. The molecule has 0 radical (unpaired) electrons. The van der Waals surface area contributed by atoms with E-state index in [9.17, 15) is 0 Å². The molecule has 0 saturated heterocycles. The number of pyridine rings is 1. The van der Waals surface area contributed by atoms with Crippen LogP contribution in [0.25, 0.3) is 10.9 Å². The molecule has 7 heteroatoms. The zero-order valence-electron chi connectivity index (χ0n) is 17.4. The topological polar surface area (TPSA) is 40.5 Å². The normalized spacial score (nSPS) is 12.7. The average molecular weight is 466 g/mol.